The second-order valence-electron chi connectivity index (χ2n) is 6.52. The normalized spacial score (nSPS) is 41.2. The number of fused-ring (bicyclic) bond motifs is 4. The lowest BCUT2D eigenvalue weighted by Crippen LogP contribution is -2.52. The molecule has 0 aromatic carbocycles. The Bertz CT molecular complexity index is 469. The maximum atomic E-state index is 12.6. The number of esters is 1. The molecule has 0 spiro atoms. The molecule has 1 aliphatic carbocycles. The first kappa shape index (κ1) is 14.7. The third kappa shape index (κ3) is 2.53. The van der Waals surface area contributed by atoms with Gasteiger partial charge in [-0.25, -0.2) is 0 Å². The zero-order chi connectivity index (χ0) is 15.1. The van der Waals surface area contributed by atoms with Crippen molar-refractivity contribution in [3.05, 3.63) is 12.2 Å². The average molecular weight is 294 g/mol. The molecular weight excluding hydrogens is 272 g/mol. The molecule has 2 aliphatic heterocycles. The lowest BCUT2D eigenvalue weighted by atomic mass is 9.63. The first-order valence-electron chi connectivity index (χ1n) is 7.61. The van der Waals surface area contributed by atoms with Gasteiger partial charge in [-0.3, -0.25) is 9.59 Å². The Morgan fingerprint density at radius 1 is 1.43 bits per heavy atom. The van der Waals surface area contributed by atoms with Gasteiger partial charge in [0, 0.05) is 24.7 Å². The molecule has 116 valence electrons. The quantitative estimate of drug-likeness (QED) is 0.584. The minimum Gasteiger partial charge on any atom is -0.465 e. The van der Waals surface area contributed by atoms with E-state index in [0.717, 1.165) is 0 Å². The Morgan fingerprint density at radius 2 is 2.19 bits per heavy atom. The molecule has 3 aliphatic rings. The summed E-state index contributed by atoms with van der Waals surface area (Å²) in [5.74, 6) is 0.288. The summed E-state index contributed by atoms with van der Waals surface area (Å²) in [5, 5.41) is 0. The van der Waals surface area contributed by atoms with Crippen molar-refractivity contribution in [1.82, 2.24) is 0 Å². The van der Waals surface area contributed by atoms with Gasteiger partial charge in [0.15, 0.2) is 5.78 Å². The maximum absolute atomic E-state index is 12.6. The third-order valence-electron chi connectivity index (χ3n) is 4.85. The van der Waals surface area contributed by atoms with Crippen molar-refractivity contribution >= 4 is 11.8 Å². The number of hydrogen-bond donors (Lipinski definition) is 0. The molecular formula is C16H22O5. The van der Waals surface area contributed by atoms with E-state index in [-0.39, 0.29) is 41.5 Å². The fraction of sp³-hybridized carbons (Fsp3) is 0.750. The lowest BCUT2D eigenvalue weighted by Gasteiger charge is -2.44. The molecule has 0 saturated carbocycles. The van der Waals surface area contributed by atoms with Gasteiger partial charge in [0.1, 0.15) is 0 Å². The average Bonchev–Trinajstić information content (AvgIpc) is 2.87. The molecule has 5 nitrogen and oxygen atoms in total. The van der Waals surface area contributed by atoms with E-state index in [1.165, 1.54) is 6.92 Å². The first-order valence-corrected chi connectivity index (χ1v) is 7.61. The Balaban J connectivity index is 1.89. The fourth-order valence-corrected chi connectivity index (χ4v) is 3.87. The van der Waals surface area contributed by atoms with E-state index in [2.05, 4.69) is 26.0 Å². The number of rotatable bonds is 3. The molecule has 5 heteroatoms. The van der Waals surface area contributed by atoms with Gasteiger partial charge in [0.2, 0.25) is 6.29 Å². The summed E-state index contributed by atoms with van der Waals surface area (Å²) in [6.07, 6.45) is 3.43. The predicted octanol–water partition coefficient (Wildman–Crippen LogP) is 1.56. The number of allylic oxidation sites excluding steroid dienone is 1. The van der Waals surface area contributed by atoms with E-state index in [1.54, 1.807) is 0 Å². The predicted molar refractivity (Wildman–Crippen MR) is 74.2 cm³/mol. The summed E-state index contributed by atoms with van der Waals surface area (Å²) in [7, 11) is 0. The van der Waals surface area contributed by atoms with Crippen LogP contribution in [0, 0.1) is 29.6 Å². The van der Waals surface area contributed by atoms with Gasteiger partial charge in [-0.05, 0) is 11.8 Å². The van der Waals surface area contributed by atoms with E-state index in [4.69, 9.17) is 14.2 Å². The largest absolute Gasteiger partial charge is 0.465 e. The first-order chi connectivity index (χ1) is 9.99. The molecule has 2 bridgehead atoms. The van der Waals surface area contributed by atoms with Crippen LogP contribution in [0.4, 0.5) is 0 Å². The topological polar surface area (TPSA) is 61.8 Å². The second-order valence-corrected chi connectivity index (χ2v) is 6.52. The van der Waals surface area contributed by atoms with Crippen molar-refractivity contribution in [1.29, 1.82) is 0 Å². The van der Waals surface area contributed by atoms with Gasteiger partial charge < -0.3 is 14.2 Å². The molecule has 0 unspecified atom stereocenters. The van der Waals surface area contributed by atoms with Gasteiger partial charge >= 0.3 is 5.97 Å². The summed E-state index contributed by atoms with van der Waals surface area (Å²) in [5.41, 5.74) is 0. The van der Waals surface area contributed by atoms with Crippen LogP contribution in [0.15, 0.2) is 12.2 Å². The molecule has 2 fully saturated rings. The smallest absolute Gasteiger partial charge is 0.302 e. The van der Waals surface area contributed by atoms with Crippen molar-refractivity contribution in [2.75, 3.05) is 13.2 Å². The Hall–Kier alpha value is -1.20. The Kier molecular flexibility index (Phi) is 3.88. The Labute approximate surface area is 124 Å². The fourth-order valence-electron chi connectivity index (χ4n) is 3.87. The van der Waals surface area contributed by atoms with Crippen LogP contribution in [0.25, 0.3) is 0 Å². The highest BCUT2D eigenvalue weighted by molar-refractivity contribution is 5.86. The molecule has 3 rings (SSSR count). The standard InChI is InChI=1S/C16H22O5/c1-8(2)11-5-4-10(6-19-9(3)17)13-12-7-20-16(21-12)15(18)14(11)13/h4-5,8,10-14,16H,6-7H2,1-3H3/t10-,11-,12-,13-,14-,16-/m1/s1. The minimum atomic E-state index is -0.696. The molecule has 2 saturated heterocycles. The zero-order valence-corrected chi connectivity index (χ0v) is 12.7. The number of hydrogen-bond acceptors (Lipinski definition) is 5. The van der Waals surface area contributed by atoms with E-state index >= 15 is 0 Å². The third-order valence-corrected chi connectivity index (χ3v) is 4.85. The summed E-state index contributed by atoms with van der Waals surface area (Å²) in [6.45, 7) is 6.41. The minimum absolute atomic E-state index is 0.0190. The van der Waals surface area contributed by atoms with Crippen LogP contribution >= 0.6 is 0 Å². The van der Waals surface area contributed by atoms with Crippen LogP contribution in [0.3, 0.4) is 0 Å². The van der Waals surface area contributed by atoms with Crippen molar-refractivity contribution in [3.8, 4) is 0 Å². The van der Waals surface area contributed by atoms with Crippen LogP contribution in [0.2, 0.25) is 0 Å². The summed E-state index contributed by atoms with van der Waals surface area (Å²) < 4.78 is 16.3. The highest BCUT2D eigenvalue weighted by atomic mass is 16.7. The van der Waals surface area contributed by atoms with Crippen LogP contribution < -0.4 is 0 Å². The van der Waals surface area contributed by atoms with Gasteiger partial charge in [-0.2, -0.15) is 0 Å². The number of ketones is 1. The van der Waals surface area contributed by atoms with Crippen molar-refractivity contribution < 1.29 is 23.8 Å². The lowest BCUT2D eigenvalue weighted by molar-refractivity contribution is -0.174. The molecule has 0 amide bonds. The van der Waals surface area contributed by atoms with Crippen molar-refractivity contribution in [2.45, 2.75) is 33.2 Å². The summed E-state index contributed by atoms with van der Waals surface area (Å²) >= 11 is 0. The van der Waals surface area contributed by atoms with Gasteiger partial charge in [-0.15, -0.1) is 0 Å². The number of carbonyl (C=O) groups is 2. The summed E-state index contributed by atoms with van der Waals surface area (Å²) in [4.78, 5) is 23.7. The number of ether oxygens (including phenoxy) is 3. The molecule has 0 N–H and O–H groups in total. The number of Topliss-reactive ketones (excluding diaryl/α,β-unsaturated/α-hetero) is 1. The second kappa shape index (κ2) is 5.54. The monoisotopic (exact) mass is 294 g/mol. The maximum Gasteiger partial charge on any atom is 0.302 e. The van der Waals surface area contributed by atoms with Crippen molar-refractivity contribution in [3.63, 3.8) is 0 Å². The molecule has 0 aromatic heterocycles. The molecule has 0 aromatic rings. The van der Waals surface area contributed by atoms with Crippen LogP contribution in [-0.4, -0.2) is 37.4 Å². The van der Waals surface area contributed by atoms with Crippen molar-refractivity contribution in [2.24, 2.45) is 29.6 Å². The molecule has 2 heterocycles. The SMILES string of the molecule is CC(=O)OC[C@H]1C=C[C@H](C(C)C)[C@H]2C(=O)[C@@H]3OC[C@@H](O3)[C@H]21. The van der Waals surface area contributed by atoms with Gasteiger partial charge in [0.05, 0.1) is 19.3 Å². The van der Waals surface area contributed by atoms with Crippen LogP contribution in [0.1, 0.15) is 20.8 Å². The van der Waals surface area contributed by atoms with Crippen LogP contribution in [0.5, 0.6) is 0 Å². The molecule has 0 radical (unpaired) electrons. The van der Waals surface area contributed by atoms with Gasteiger partial charge in [-0.1, -0.05) is 26.0 Å². The van der Waals surface area contributed by atoms with E-state index in [9.17, 15) is 9.59 Å². The molecule has 6 atom stereocenters. The number of carbonyl (C=O) groups excluding carboxylic acids is 2. The zero-order valence-electron chi connectivity index (χ0n) is 12.7. The van der Waals surface area contributed by atoms with E-state index < -0.39 is 6.29 Å². The summed E-state index contributed by atoms with van der Waals surface area (Å²) in [6, 6.07) is 0. The van der Waals surface area contributed by atoms with Crippen LogP contribution in [-0.2, 0) is 23.8 Å². The van der Waals surface area contributed by atoms with Gasteiger partial charge in [0.25, 0.3) is 0 Å². The van der Waals surface area contributed by atoms with E-state index in [0.29, 0.717) is 19.1 Å². The highest BCUT2D eigenvalue weighted by Crippen LogP contribution is 2.47. The highest BCUT2D eigenvalue weighted by Gasteiger charge is 2.55. The molecule has 21 heavy (non-hydrogen) atoms. The Morgan fingerprint density at radius 3 is 2.86 bits per heavy atom. The van der Waals surface area contributed by atoms with E-state index in [1.807, 2.05) is 0 Å².